The molecule has 0 saturated heterocycles. The Morgan fingerprint density at radius 2 is 1.97 bits per heavy atom. The molecule has 0 radical (unpaired) electrons. The minimum absolute atomic E-state index is 0.0925. The molecule has 0 amide bonds. The van der Waals surface area contributed by atoms with Gasteiger partial charge < -0.3 is 9.64 Å². The van der Waals surface area contributed by atoms with Crippen LogP contribution in [0, 0.1) is 0 Å². The van der Waals surface area contributed by atoms with Gasteiger partial charge in [0.25, 0.3) is 0 Å². The number of aromatic nitrogens is 2. The Kier molecular flexibility index (Phi) is 6.12. The molecule has 0 spiro atoms. The number of rotatable bonds is 7. The number of hydrogen-bond donors (Lipinski definition) is 0. The summed E-state index contributed by atoms with van der Waals surface area (Å²) < 4.78 is 30.3. The van der Waals surface area contributed by atoms with Crippen LogP contribution in [0.25, 0.3) is 0 Å². The molecule has 9 nitrogen and oxygen atoms in total. The van der Waals surface area contributed by atoms with Gasteiger partial charge in [-0.25, -0.2) is 18.4 Å². The molecule has 29 heavy (non-hydrogen) atoms. The van der Waals surface area contributed by atoms with Crippen molar-refractivity contribution in [2.45, 2.75) is 12.8 Å². The standard InChI is InChI=1S/C19H22N4O5S/c1-22(19-20-8-4-9-21-19)12-18(25)28-13-17(24)15-6-7-16-14(11-15)5-3-10-23(16)29(2,26)27/h4,6-9,11H,3,5,10,12-13H2,1-2H3. The first kappa shape index (κ1) is 20.7. The highest BCUT2D eigenvalue weighted by Gasteiger charge is 2.25. The second-order valence-corrected chi connectivity index (χ2v) is 8.68. The minimum Gasteiger partial charge on any atom is -0.456 e. The Morgan fingerprint density at radius 1 is 1.24 bits per heavy atom. The van der Waals surface area contributed by atoms with Gasteiger partial charge in [-0.1, -0.05) is 0 Å². The van der Waals surface area contributed by atoms with E-state index in [-0.39, 0.29) is 12.3 Å². The Morgan fingerprint density at radius 3 is 2.66 bits per heavy atom. The maximum Gasteiger partial charge on any atom is 0.326 e. The Hall–Kier alpha value is -3.01. The molecule has 0 aliphatic carbocycles. The fourth-order valence-corrected chi connectivity index (χ4v) is 4.10. The highest BCUT2D eigenvalue weighted by atomic mass is 32.2. The molecule has 1 aromatic carbocycles. The molecule has 3 rings (SSSR count). The number of ether oxygens (including phenoxy) is 1. The van der Waals surface area contributed by atoms with E-state index in [1.165, 1.54) is 9.21 Å². The van der Waals surface area contributed by atoms with Crippen LogP contribution in [-0.4, -0.2) is 63.1 Å². The second-order valence-electron chi connectivity index (χ2n) is 6.77. The predicted molar refractivity (Wildman–Crippen MR) is 108 cm³/mol. The van der Waals surface area contributed by atoms with Crippen molar-refractivity contribution in [3.63, 3.8) is 0 Å². The fourth-order valence-electron chi connectivity index (χ4n) is 3.11. The number of Topliss-reactive ketones (excluding diaryl/α,β-unsaturated/α-hetero) is 1. The first-order valence-electron chi connectivity index (χ1n) is 9.03. The van der Waals surface area contributed by atoms with Crippen LogP contribution in [0.2, 0.25) is 0 Å². The van der Waals surface area contributed by atoms with Crippen molar-refractivity contribution in [1.29, 1.82) is 0 Å². The smallest absolute Gasteiger partial charge is 0.326 e. The molecule has 0 fully saturated rings. The van der Waals surface area contributed by atoms with Crippen molar-refractivity contribution in [3.8, 4) is 0 Å². The highest BCUT2D eigenvalue weighted by Crippen LogP contribution is 2.30. The average molecular weight is 418 g/mol. The van der Waals surface area contributed by atoms with Crippen LogP contribution in [0.5, 0.6) is 0 Å². The van der Waals surface area contributed by atoms with Gasteiger partial charge in [-0.2, -0.15) is 0 Å². The lowest BCUT2D eigenvalue weighted by atomic mass is 9.99. The summed E-state index contributed by atoms with van der Waals surface area (Å²) in [4.78, 5) is 34.0. The van der Waals surface area contributed by atoms with E-state index in [0.717, 1.165) is 11.8 Å². The van der Waals surface area contributed by atoms with E-state index in [4.69, 9.17) is 4.74 Å². The van der Waals surface area contributed by atoms with Crippen molar-refractivity contribution in [3.05, 3.63) is 47.8 Å². The van der Waals surface area contributed by atoms with Gasteiger partial charge in [-0.15, -0.1) is 0 Å². The number of nitrogens with zero attached hydrogens (tertiary/aromatic N) is 4. The van der Waals surface area contributed by atoms with Crippen LogP contribution in [0.15, 0.2) is 36.7 Å². The predicted octanol–water partition coefficient (Wildman–Crippen LogP) is 1.05. The second kappa shape index (κ2) is 8.56. The van der Waals surface area contributed by atoms with E-state index < -0.39 is 22.6 Å². The minimum atomic E-state index is -3.36. The lowest BCUT2D eigenvalue weighted by Crippen LogP contribution is -2.34. The number of carbonyl (C=O) groups is 2. The number of aryl methyl sites for hydroxylation is 1. The van der Waals surface area contributed by atoms with Gasteiger partial charge in [0.15, 0.2) is 12.4 Å². The SMILES string of the molecule is CN(CC(=O)OCC(=O)c1ccc2c(c1)CCCN2S(C)(=O)=O)c1ncccn1. The number of ketones is 1. The third-order valence-electron chi connectivity index (χ3n) is 4.50. The molecule has 1 aliphatic heterocycles. The van der Waals surface area contributed by atoms with Crippen molar-refractivity contribution in [2.75, 3.05) is 42.2 Å². The van der Waals surface area contributed by atoms with E-state index in [1.54, 1.807) is 43.7 Å². The summed E-state index contributed by atoms with van der Waals surface area (Å²) in [5.74, 6) is -0.549. The lowest BCUT2D eigenvalue weighted by Gasteiger charge is -2.29. The highest BCUT2D eigenvalue weighted by molar-refractivity contribution is 7.92. The summed E-state index contributed by atoms with van der Waals surface area (Å²) >= 11 is 0. The number of esters is 1. The normalized spacial score (nSPS) is 13.5. The summed E-state index contributed by atoms with van der Waals surface area (Å²) in [5, 5.41) is 0. The van der Waals surface area contributed by atoms with Gasteiger partial charge in [0, 0.05) is 31.5 Å². The van der Waals surface area contributed by atoms with E-state index >= 15 is 0 Å². The maximum absolute atomic E-state index is 12.4. The summed E-state index contributed by atoms with van der Waals surface area (Å²) in [6.45, 7) is -0.0584. The zero-order chi connectivity index (χ0) is 21.0. The number of anilines is 2. The van der Waals surface area contributed by atoms with Crippen molar-refractivity contribution < 1.29 is 22.7 Å². The average Bonchev–Trinajstić information content (AvgIpc) is 2.71. The summed E-state index contributed by atoms with van der Waals surface area (Å²) in [6, 6.07) is 6.53. The van der Waals surface area contributed by atoms with Crippen LogP contribution in [0.3, 0.4) is 0 Å². The molecule has 154 valence electrons. The summed E-state index contributed by atoms with van der Waals surface area (Å²) in [7, 11) is -1.72. The fraction of sp³-hybridized carbons (Fsp3) is 0.368. The zero-order valence-corrected chi connectivity index (χ0v) is 17.1. The van der Waals surface area contributed by atoms with Crippen LogP contribution in [-0.2, 0) is 26.0 Å². The molecule has 1 aliphatic rings. The molecular weight excluding hydrogens is 396 g/mol. The lowest BCUT2D eigenvalue weighted by molar-refractivity contribution is -0.140. The molecular formula is C19H22N4O5S. The number of fused-ring (bicyclic) bond motifs is 1. The maximum atomic E-state index is 12.4. The van der Waals surface area contributed by atoms with Crippen LogP contribution < -0.4 is 9.21 Å². The molecule has 0 N–H and O–H groups in total. The van der Waals surface area contributed by atoms with Crippen molar-refractivity contribution in [1.82, 2.24) is 9.97 Å². The van der Waals surface area contributed by atoms with Crippen LogP contribution in [0.4, 0.5) is 11.6 Å². The molecule has 10 heteroatoms. The van der Waals surface area contributed by atoms with Gasteiger partial charge in [0.05, 0.1) is 11.9 Å². The first-order chi connectivity index (χ1) is 13.8. The van der Waals surface area contributed by atoms with Gasteiger partial charge in [-0.3, -0.25) is 13.9 Å². The van der Waals surface area contributed by atoms with Crippen molar-refractivity contribution in [2.24, 2.45) is 0 Å². The monoisotopic (exact) mass is 418 g/mol. The van der Waals surface area contributed by atoms with Gasteiger partial charge in [0.2, 0.25) is 16.0 Å². The Labute approximate surface area is 169 Å². The summed E-state index contributed by atoms with van der Waals surface area (Å²) in [5.41, 5.74) is 1.77. The number of sulfonamides is 1. The molecule has 0 atom stereocenters. The van der Waals surface area contributed by atoms with E-state index in [1.807, 2.05) is 0 Å². The number of carbonyl (C=O) groups excluding carboxylic acids is 2. The van der Waals surface area contributed by atoms with Crippen LogP contribution >= 0.6 is 0 Å². The van der Waals surface area contributed by atoms with Gasteiger partial charge in [0.1, 0.15) is 6.54 Å². The molecule has 0 bridgehead atoms. The topological polar surface area (TPSA) is 110 Å². The number of hydrogen-bond acceptors (Lipinski definition) is 8. The van der Waals surface area contributed by atoms with E-state index in [2.05, 4.69) is 9.97 Å². The third-order valence-corrected chi connectivity index (χ3v) is 5.68. The largest absolute Gasteiger partial charge is 0.456 e. The summed E-state index contributed by atoms with van der Waals surface area (Å²) in [6.07, 6.45) is 5.66. The molecule has 0 unspecified atom stereocenters. The van der Waals surface area contributed by atoms with Gasteiger partial charge in [-0.05, 0) is 42.7 Å². The van der Waals surface area contributed by atoms with Crippen molar-refractivity contribution >= 4 is 33.4 Å². The molecule has 0 saturated carbocycles. The Balaban J connectivity index is 1.61. The Bertz CT molecular complexity index is 1010. The first-order valence-corrected chi connectivity index (χ1v) is 10.9. The number of likely N-dealkylation sites (N-methyl/N-ethyl adjacent to an activating group) is 1. The van der Waals surface area contributed by atoms with Gasteiger partial charge >= 0.3 is 5.97 Å². The number of benzene rings is 1. The zero-order valence-electron chi connectivity index (χ0n) is 16.2. The molecule has 2 aromatic rings. The third kappa shape index (κ3) is 5.08. The van der Waals surface area contributed by atoms with Crippen LogP contribution in [0.1, 0.15) is 22.3 Å². The quantitative estimate of drug-likeness (QED) is 0.485. The molecule has 2 heterocycles. The molecule has 1 aromatic heterocycles. The van der Waals surface area contributed by atoms with E-state index in [0.29, 0.717) is 36.6 Å². The van der Waals surface area contributed by atoms with E-state index in [9.17, 15) is 18.0 Å².